The lowest BCUT2D eigenvalue weighted by Crippen LogP contribution is -2.45. The van der Waals surface area contributed by atoms with E-state index in [-0.39, 0.29) is 11.8 Å². The summed E-state index contributed by atoms with van der Waals surface area (Å²) in [7, 11) is 0. The van der Waals surface area contributed by atoms with Gasteiger partial charge in [-0.2, -0.15) is 0 Å². The SMILES string of the molecule is NC(=O)C1c2ccccc2CCC1N1CCCC1. The second-order valence-corrected chi connectivity index (χ2v) is 5.43. The summed E-state index contributed by atoms with van der Waals surface area (Å²) in [6.07, 6.45) is 4.64. The lowest BCUT2D eigenvalue weighted by atomic mass is 9.78. The number of carbonyl (C=O) groups is 1. The summed E-state index contributed by atoms with van der Waals surface area (Å²) in [4.78, 5) is 14.3. The smallest absolute Gasteiger partial charge is 0.226 e. The first kappa shape index (κ1) is 11.7. The third-order valence-electron chi connectivity index (χ3n) is 4.40. The predicted molar refractivity (Wildman–Crippen MR) is 71.3 cm³/mol. The largest absolute Gasteiger partial charge is 0.369 e. The Morgan fingerprint density at radius 1 is 1.22 bits per heavy atom. The highest BCUT2D eigenvalue weighted by molar-refractivity contribution is 5.83. The maximum atomic E-state index is 11.9. The number of carbonyl (C=O) groups excluding carboxylic acids is 1. The number of benzene rings is 1. The number of fused-ring (bicyclic) bond motifs is 1. The van der Waals surface area contributed by atoms with Gasteiger partial charge in [-0.25, -0.2) is 0 Å². The van der Waals surface area contributed by atoms with Gasteiger partial charge in [0, 0.05) is 6.04 Å². The normalized spacial score (nSPS) is 28.0. The molecule has 96 valence electrons. The van der Waals surface area contributed by atoms with Crippen LogP contribution in [-0.2, 0) is 11.2 Å². The third-order valence-corrected chi connectivity index (χ3v) is 4.40. The van der Waals surface area contributed by atoms with E-state index in [1.54, 1.807) is 0 Å². The minimum atomic E-state index is -0.168. The van der Waals surface area contributed by atoms with Crippen molar-refractivity contribution >= 4 is 5.91 Å². The second-order valence-electron chi connectivity index (χ2n) is 5.43. The van der Waals surface area contributed by atoms with Gasteiger partial charge in [0.1, 0.15) is 0 Å². The van der Waals surface area contributed by atoms with Crippen molar-refractivity contribution in [1.82, 2.24) is 4.90 Å². The summed E-state index contributed by atoms with van der Waals surface area (Å²) in [5.41, 5.74) is 8.14. The number of hydrogen-bond donors (Lipinski definition) is 1. The van der Waals surface area contributed by atoms with Crippen molar-refractivity contribution in [2.24, 2.45) is 5.73 Å². The Labute approximate surface area is 108 Å². The molecule has 1 aliphatic heterocycles. The Kier molecular flexibility index (Phi) is 3.08. The standard InChI is InChI=1S/C15H20N2O/c16-15(18)14-12-6-2-1-5-11(12)7-8-13(14)17-9-3-4-10-17/h1-2,5-6,13-14H,3-4,7-10H2,(H2,16,18). The van der Waals surface area contributed by atoms with Crippen molar-refractivity contribution in [3.8, 4) is 0 Å². The van der Waals surface area contributed by atoms with Crippen LogP contribution in [0.15, 0.2) is 24.3 Å². The highest BCUT2D eigenvalue weighted by atomic mass is 16.1. The maximum absolute atomic E-state index is 11.9. The van der Waals surface area contributed by atoms with E-state index >= 15 is 0 Å². The summed E-state index contributed by atoms with van der Waals surface area (Å²) in [6, 6.07) is 8.59. The molecular formula is C15H20N2O. The third kappa shape index (κ3) is 1.93. The molecule has 3 rings (SSSR count). The molecule has 2 N–H and O–H groups in total. The number of nitrogens with two attached hydrogens (primary N) is 1. The molecule has 3 heteroatoms. The van der Waals surface area contributed by atoms with Crippen LogP contribution in [0.2, 0.25) is 0 Å². The highest BCUT2D eigenvalue weighted by Crippen LogP contribution is 2.35. The summed E-state index contributed by atoms with van der Waals surface area (Å²) < 4.78 is 0. The van der Waals surface area contributed by atoms with Gasteiger partial charge < -0.3 is 5.73 Å². The average molecular weight is 244 g/mol. The fraction of sp³-hybridized carbons (Fsp3) is 0.533. The molecule has 1 fully saturated rings. The molecule has 2 unspecified atom stereocenters. The van der Waals surface area contributed by atoms with E-state index in [0.29, 0.717) is 6.04 Å². The van der Waals surface area contributed by atoms with Crippen LogP contribution in [0.4, 0.5) is 0 Å². The zero-order valence-electron chi connectivity index (χ0n) is 10.6. The van der Waals surface area contributed by atoms with E-state index < -0.39 is 0 Å². The van der Waals surface area contributed by atoms with Crippen LogP contribution < -0.4 is 5.73 Å². The molecule has 3 nitrogen and oxygen atoms in total. The van der Waals surface area contributed by atoms with E-state index in [1.165, 1.54) is 18.4 Å². The number of likely N-dealkylation sites (tertiary alicyclic amines) is 1. The van der Waals surface area contributed by atoms with Crippen molar-refractivity contribution < 1.29 is 4.79 Å². The van der Waals surface area contributed by atoms with Gasteiger partial charge in [-0.3, -0.25) is 9.69 Å². The first-order chi connectivity index (χ1) is 8.77. The van der Waals surface area contributed by atoms with Gasteiger partial charge in [0.2, 0.25) is 5.91 Å². The minimum absolute atomic E-state index is 0.118. The van der Waals surface area contributed by atoms with Gasteiger partial charge in [-0.05, 0) is 49.9 Å². The van der Waals surface area contributed by atoms with E-state index in [1.807, 2.05) is 12.1 Å². The molecule has 1 aliphatic carbocycles. The summed E-state index contributed by atoms with van der Waals surface area (Å²) in [6.45, 7) is 2.24. The molecule has 1 aromatic carbocycles. The molecular weight excluding hydrogens is 224 g/mol. The second kappa shape index (κ2) is 4.73. The summed E-state index contributed by atoms with van der Waals surface area (Å²) in [5, 5.41) is 0. The quantitative estimate of drug-likeness (QED) is 0.860. The zero-order valence-corrected chi connectivity index (χ0v) is 10.6. The molecule has 0 aromatic heterocycles. The lowest BCUT2D eigenvalue weighted by Gasteiger charge is -2.37. The minimum Gasteiger partial charge on any atom is -0.369 e. The molecule has 0 saturated carbocycles. The van der Waals surface area contributed by atoms with Gasteiger partial charge >= 0.3 is 0 Å². The van der Waals surface area contributed by atoms with Crippen molar-refractivity contribution in [2.75, 3.05) is 13.1 Å². The zero-order chi connectivity index (χ0) is 12.5. The first-order valence-electron chi connectivity index (χ1n) is 6.88. The fourth-order valence-electron chi connectivity index (χ4n) is 3.55. The van der Waals surface area contributed by atoms with Crippen molar-refractivity contribution in [3.63, 3.8) is 0 Å². The van der Waals surface area contributed by atoms with E-state index in [9.17, 15) is 4.79 Å². The van der Waals surface area contributed by atoms with E-state index in [4.69, 9.17) is 5.73 Å². The molecule has 2 atom stereocenters. The van der Waals surface area contributed by atoms with Gasteiger partial charge in [-0.1, -0.05) is 24.3 Å². The van der Waals surface area contributed by atoms with Gasteiger partial charge in [0.05, 0.1) is 5.92 Å². The highest BCUT2D eigenvalue weighted by Gasteiger charge is 2.37. The molecule has 1 amide bonds. The van der Waals surface area contributed by atoms with Gasteiger partial charge in [0.15, 0.2) is 0 Å². The van der Waals surface area contributed by atoms with E-state index in [2.05, 4.69) is 17.0 Å². The monoisotopic (exact) mass is 244 g/mol. The van der Waals surface area contributed by atoms with Crippen LogP contribution in [0.3, 0.4) is 0 Å². The Morgan fingerprint density at radius 3 is 2.67 bits per heavy atom. The van der Waals surface area contributed by atoms with Crippen LogP contribution >= 0.6 is 0 Å². The Morgan fingerprint density at radius 2 is 1.94 bits per heavy atom. The first-order valence-corrected chi connectivity index (χ1v) is 6.88. The van der Waals surface area contributed by atoms with Crippen LogP contribution in [-0.4, -0.2) is 29.9 Å². The van der Waals surface area contributed by atoms with Gasteiger partial charge in [0.25, 0.3) is 0 Å². The number of amides is 1. The Balaban J connectivity index is 1.95. The molecule has 0 bridgehead atoms. The number of primary amides is 1. The van der Waals surface area contributed by atoms with Crippen molar-refractivity contribution in [3.05, 3.63) is 35.4 Å². The topological polar surface area (TPSA) is 46.3 Å². The maximum Gasteiger partial charge on any atom is 0.226 e. The molecule has 1 heterocycles. The number of nitrogens with zero attached hydrogens (tertiary/aromatic N) is 1. The summed E-state index contributed by atoms with van der Waals surface area (Å²) >= 11 is 0. The van der Waals surface area contributed by atoms with Crippen LogP contribution in [0.5, 0.6) is 0 Å². The average Bonchev–Trinajstić information content (AvgIpc) is 2.90. The van der Waals surface area contributed by atoms with Crippen LogP contribution in [0, 0.1) is 0 Å². The Bertz CT molecular complexity index is 452. The molecule has 2 aliphatic rings. The molecule has 0 spiro atoms. The summed E-state index contributed by atoms with van der Waals surface area (Å²) in [5.74, 6) is -0.285. The van der Waals surface area contributed by atoms with Crippen molar-refractivity contribution in [2.45, 2.75) is 37.6 Å². The van der Waals surface area contributed by atoms with Crippen molar-refractivity contribution in [1.29, 1.82) is 0 Å². The van der Waals surface area contributed by atoms with E-state index in [0.717, 1.165) is 31.5 Å². The molecule has 18 heavy (non-hydrogen) atoms. The molecule has 0 radical (unpaired) electrons. The molecule has 1 aromatic rings. The van der Waals surface area contributed by atoms with Crippen LogP contribution in [0.25, 0.3) is 0 Å². The number of hydrogen-bond acceptors (Lipinski definition) is 2. The number of aryl methyl sites for hydroxylation is 1. The van der Waals surface area contributed by atoms with Gasteiger partial charge in [-0.15, -0.1) is 0 Å². The van der Waals surface area contributed by atoms with Crippen LogP contribution in [0.1, 0.15) is 36.3 Å². The fourth-order valence-corrected chi connectivity index (χ4v) is 3.55. The lowest BCUT2D eigenvalue weighted by molar-refractivity contribution is -0.121. The molecule has 1 saturated heterocycles. The number of rotatable bonds is 2. The predicted octanol–water partition coefficient (Wildman–Crippen LogP) is 1.67. The Hall–Kier alpha value is -1.35.